The van der Waals surface area contributed by atoms with Gasteiger partial charge in [0.25, 0.3) is 11.6 Å². The summed E-state index contributed by atoms with van der Waals surface area (Å²) in [7, 11) is 0. The molecule has 2 aromatic carbocycles. The predicted octanol–water partition coefficient (Wildman–Crippen LogP) is 3.59. The number of benzene rings is 2. The molecule has 39 heavy (non-hydrogen) atoms. The molecular formula is C28H24ClN5O5. The molecule has 1 aliphatic rings. The highest BCUT2D eigenvalue weighted by atomic mass is 35.5. The molecule has 3 aromatic heterocycles. The van der Waals surface area contributed by atoms with E-state index in [9.17, 15) is 15.0 Å². The van der Waals surface area contributed by atoms with Crippen LogP contribution in [0.2, 0.25) is 5.02 Å². The quantitative estimate of drug-likeness (QED) is 0.253. The number of aliphatic hydroxyl groups is 2. The third-order valence-corrected chi connectivity index (χ3v) is 6.90. The van der Waals surface area contributed by atoms with Crippen molar-refractivity contribution in [1.82, 2.24) is 24.9 Å². The van der Waals surface area contributed by atoms with Gasteiger partial charge in [-0.15, -0.1) is 0 Å². The van der Waals surface area contributed by atoms with Gasteiger partial charge in [-0.2, -0.15) is 4.98 Å². The second kappa shape index (κ2) is 10.6. The Hall–Kier alpha value is -4.09. The Labute approximate surface area is 227 Å². The van der Waals surface area contributed by atoms with Gasteiger partial charge in [-0.3, -0.25) is 4.79 Å². The smallest absolute Gasteiger partial charge is 0.296 e. The molecule has 0 radical (unpaired) electrons. The van der Waals surface area contributed by atoms with Gasteiger partial charge in [-0.25, -0.2) is 9.97 Å². The molecule has 0 unspecified atom stereocenters. The second-order valence-corrected chi connectivity index (χ2v) is 9.67. The number of aliphatic hydroxyl groups excluding tert-OH is 2. The molecule has 1 fully saturated rings. The monoisotopic (exact) mass is 545 g/mol. The number of rotatable bonds is 6. The number of nitrogens with zero attached hydrogens (tertiary/aromatic N) is 3. The minimum Gasteiger partial charge on any atom is -0.459 e. The van der Waals surface area contributed by atoms with Crippen LogP contribution in [0.5, 0.6) is 6.01 Å². The Balaban J connectivity index is 1.19. The van der Waals surface area contributed by atoms with E-state index in [1.807, 2.05) is 48.5 Å². The van der Waals surface area contributed by atoms with Crippen molar-refractivity contribution in [3.63, 3.8) is 0 Å². The van der Waals surface area contributed by atoms with Crippen LogP contribution in [0.1, 0.15) is 6.42 Å². The molecule has 0 saturated carbocycles. The van der Waals surface area contributed by atoms with Gasteiger partial charge in [0.2, 0.25) is 0 Å². The van der Waals surface area contributed by atoms with E-state index in [1.165, 1.54) is 12.3 Å². The highest BCUT2D eigenvalue weighted by Gasteiger charge is 2.31. The summed E-state index contributed by atoms with van der Waals surface area (Å²) in [6.07, 6.45) is -0.0261. The zero-order valence-corrected chi connectivity index (χ0v) is 21.3. The molecule has 0 aliphatic carbocycles. The normalized spacial score (nSPS) is 19.3. The van der Waals surface area contributed by atoms with Crippen LogP contribution in [0.15, 0.2) is 71.7 Å². The number of aromatic amines is 2. The molecule has 5 aromatic rings. The first-order valence-electron chi connectivity index (χ1n) is 12.4. The number of hydrogen-bond acceptors (Lipinski definition) is 8. The van der Waals surface area contributed by atoms with Crippen molar-refractivity contribution in [2.75, 3.05) is 13.2 Å². The van der Waals surface area contributed by atoms with E-state index in [1.54, 1.807) is 6.07 Å². The largest absolute Gasteiger partial charge is 0.459 e. The zero-order valence-electron chi connectivity index (χ0n) is 20.5. The van der Waals surface area contributed by atoms with Crippen LogP contribution in [0.4, 0.5) is 0 Å². The summed E-state index contributed by atoms with van der Waals surface area (Å²) in [6.45, 7) is -0.0114. The first-order valence-corrected chi connectivity index (χ1v) is 12.7. The SMILES string of the molecule is O=c1ccnc(-c2ccc(-c3ccc(-c4nc5nc(O[C@H]6CO[C@H](CO)[C@@H](O)C6)[nH]c5cc4Cl)cc3)cc2)[nH]1. The number of imidazole rings is 1. The van der Waals surface area contributed by atoms with Gasteiger partial charge in [-0.1, -0.05) is 60.1 Å². The lowest BCUT2D eigenvalue weighted by atomic mass is 10.0. The van der Waals surface area contributed by atoms with Gasteiger partial charge >= 0.3 is 0 Å². The third-order valence-electron chi connectivity index (χ3n) is 6.61. The van der Waals surface area contributed by atoms with E-state index in [-0.39, 0.29) is 24.8 Å². The molecule has 11 heteroatoms. The fourth-order valence-electron chi connectivity index (χ4n) is 4.56. The van der Waals surface area contributed by atoms with Crippen molar-refractivity contribution in [2.24, 2.45) is 0 Å². The number of H-pyrrole nitrogens is 2. The van der Waals surface area contributed by atoms with E-state index in [2.05, 4.69) is 24.9 Å². The van der Waals surface area contributed by atoms with Gasteiger partial charge in [0, 0.05) is 29.8 Å². The van der Waals surface area contributed by atoms with Crippen molar-refractivity contribution in [3.05, 3.63) is 82.2 Å². The van der Waals surface area contributed by atoms with Crippen LogP contribution in [0, 0.1) is 0 Å². The zero-order chi connectivity index (χ0) is 26.9. The number of aromatic nitrogens is 5. The molecular weight excluding hydrogens is 522 g/mol. The van der Waals surface area contributed by atoms with Gasteiger partial charge in [-0.05, 0) is 17.2 Å². The maximum atomic E-state index is 11.6. The second-order valence-electron chi connectivity index (χ2n) is 9.27. The van der Waals surface area contributed by atoms with E-state index >= 15 is 0 Å². The molecule has 0 amide bonds. The number of nitrogens with one attached hydrogen (secondary N) is 2. The molecule has 10 nitrogen and oxygen atoms in total. The molecule has 4 heterocycles. The summed E-state index contributed by atoms with van der Waals surface area (Å²) in [5.74, 6) is 0.521. The van der Waals surface area contributed by atoms with Gasteiger partial charge in [0.05, 0.1) is 35.6 Å². The first-order chi connectivity index (χ1) is 19.0. The van der Waals surface area contributed by atoms with Crippen molar-refractivity contribution in [3.8, 4) is 39.8 Å². The van der Waals surface area contributed by atoms with Crippen LogP contribution in [0.3, 0.4) is 0 Å². The van der Waals surface area contributed by atoms with E-state index < -0.39 is 18.3 Å². The Kier molecular flexibility index (Phi) is 6.84. The minimum absolute atomic E-state index is 0.195. The van der Waals surface area contributed by atoms with Gasteiger partial charge < -0.3 is 29.7 Å². The lowest BCUT2D eigenvalue weighted by molar-refractivity contribution is -0.131. The Morgan fingerprint density at radius 1 is 0.974 bits per heavy atom. The highest BCUT2D eigenvalue weighted by Crippen LogP contribution is 2.32. The number of pyridine rings is 1. The molecule has 4 N–H and O–H groups in total. The topological polar surface area (TPSA) is 146 Å². The van der Waals surface area contributed by atoms with Crippen LogP contribution in [-0.4, -0.2) is 66.7 Å². The van der Waals surface area contributed by atoms with Gasteiger partial charge in [0.15, 0.2) is 5.65 Å². The third kappa shape index (κ3) is 5.27. The standard InChI is InChI=1S/C28H24ClN5O5/c29-20-12-21-27(34-28(31-21)39-19-11-22(36)23(13-35)38-14-19)33-25(20)17-5-1-15(2-6-17)16-3-7-18(8-4-16)26-30-10-9-24(37)32-26/h1-10,12,19,22-23,35-36H,11,13-14H2,(H,30,32,37)(H,31,33,34)/t19-,22+,23-/m1/s1. The molecule has 1 aliphatic heterocycles. The van der Waals surface area contributed by atoms with E-state index in [0.29, 0.717) is 34.1 Å². The van der Waals surface area contributed by atoms with Crippen molar-refractivity contribution >= 4 is 22.8 Å². The molecule has 3 atom stereocenters. The summed E-state index contributed by atoms with van der Waals surface area (Å²) in [6, 6.07) is 19.0. The average molecular weight is 546 g/mol. The summed E-state index contributed by atoms with van der Waals surface area (Å²) in [4.78, 5) is 30.7. The van der Waals surface area contributed by atoms with Crippen molar-refractivity contribution in [2.45, 2.75) is 24.7 Å². The average Bonchev–Trinajstić information content (AvgIpc) is 3.34. The number of fused-ring (bicyclic) bond motifs is 1. The summed E-state index contributed by atoms with van der Waals surface area (Å²) in [5.41, 5.74) is 5.13. The molecule has 6 rings (SSSR count). The summed E-state index contributed by atoms with van der Waals surface area (Å²) in [5, 5.41) is 19.8. The first kappa shape index (κ1) is 25.2. The fourth-order valence-corrected chi connectivity index (χ4v) is 4.82. The Morgan fingerprint density at radius 2 is 1.67 bits per heavy atom. The molecule has 0 spiro atoms. The predicted molar refractivity (Wildman–Crippen MR) is 145 cm³/mol. The summed E-state index contributed by atoms with van der Waals surface area (Å²) >= 11 is 6.57. The number of halogens is 1. The van der Waals surface area contributed by atoms with E-state index in [0.717, 1.165) is 22.3 Å². The maximum absolute atomic E-state index is 11.6. The maximum Gasteiger partial charge on any atom is 0.296 e. The van der Waals surface area contributed by atoms with Crippen LogP contribution >= 0.6 is 11.6 Å². The van der Waals surface area contributed by atoms with E-state index in [4.69, 9.17) is 21.1 Å². The van der Waals surface area contributed by atoms with Gasteiger partial charge in [0.1, 0.15) is 18.0 Å². The molecule has 198 valence electrons. The van der Waals surface area contributed by atoms with Crippen molar-refractivity contribution in [1.29, 1.82) is 0 Å². The van der Waals surface area contributed by atoms with Crippen LogP contribution < -0.4 is 10.3 Å². The summed E-state index contributed by atoms with van der Waals surface area (Å²) < 4.78 is 11.3. The minimum atomic E-state index is -0.815. The van der Waals surface area contributed by atoms with Crippen molar-refractivity contribution < 1.29 is 19.7 Å². The lowest BCUT2D eigenvalue weighted by Gasteiger charge is -2.31. The Bertz CT molecular complexity index is 1670. The van der Waals surface area contributed by atoms with Crippen LogP contribution in [-0.2, 0) is 4.74 Å². The number of ether oxygens (including phenoxy) is 2. The number of hydrogen-bond donors (Lipinski definition) is 4. The molecule has 1 saturated heterocycles. The lowest BCUT2D eigenvalue weighted by Crippen LogP contribution is -2.45. The highest BCUT2D eigenvalue weighted by molar-refractivity contribution is 6.33. The van der Waals surface area contributed by atoms with Crippen LogP contribution in [0.25, 0.3) is 44.9 Å². The molecule has 0 bridgehead atoms. The fraction of sp³-hybridized carbons (Fsp3) is 0.214. The Morgan fingerprint density at radius 3 is 2.33 bits per heavy atom.